The van der Waals surface area contributed by atoms with Gasteiger partial charge in [-0.2, -0.15) is 9.97 Å². The number of hydrogen-bond acceptors (Lipinski definition) is 9. The lowest BCUT2D eigenvalue weighted by atomic mass is 10.1. The summed E-state index contributed by atoms with van der Waals surface area (Å²) in [6, 6.07) is 0. The van der Waals surface area contributed by atoms with E-state index in [0.717, 1.165) is 0 Å². The molecular formula is C13H17FN6O4. The Hall–Kier alpha value is -2.37. The van der Waals surface area contributed by atoms with Gasteiger partial charge in [0, 0.05) is 0 Å². The first-order chi connectivity index (χ1) is 11.5. The van der Waals surface area contributed by atoms with Crippen LogP contribution in [0, 0.1) is 0 Å². The molecule has 1 saturated heterocycles. The molecule has 1 aliphatic rings. The molecule has 0 amide bonds. The van der Waals surface area contributed by atoms with Gasteiger partial charge in [-0.1, -0.05) is 0 Å². The molecule has 0 aliphatic carbocycles. The third-order valence-corrected chi connectivity index (χ3v) is 3.82. The van der Waals surface area contributed by atoms with Crippen LogP contribution in [-0.4, -0.2) is 67.7 Å². The molecule has 4 N–H and O–H groups in total. The van der Waals surface area contributed by atoms with E-state index in [1.54, 1.807) is 6.92 Å². The largest absolute Gasteiger partial charge is 0.476 e. The molecule has 4 atom stereocenters. The Morgan fingerprint density at radius 2 is 2.33 bits per heavy atom. The van der Waals surface area contributed by atoms with Crippen LogP contribution in [-0.2, 0) is 4.74 Å². The van der Waals surface area contributed by atoms with Crippen LogP contribution in [0.5, 0.6) is 5.88 Å². The van der Waals surface area contributed by atoms with E-state index in [-0.39, 0.29) is 23.0 Å². The molecule has 0 bridgehead atoms. The van der Waals surface area contributed by atoms with E-state index in [9.17, 15) is 14.6 Å². The second-order valence-electron chi connectivity index (χ2n) is 5.20. The first-order valence-electron chi connectivity index (χ1n) is 7.19. The van der Waals surface area contributed by atoms with E-state index in [1.165, 1.54) is 10.9 Å². The van der Waals surface area contributed by atoms with Crippen molar-refractivity contribution in [2.24, 2.45) is 4.99 Å². The summed E-state index contributed by atoms with van der Waals surface area (Å²) in [5.41, 5.74) is 4.23. The SMILES string of the molecule is C=N[C@]1(CO)O[C@@H](n2cnc3c(OCC)nc(N)nc32)[C@H](F)[C@@H]1O. The molecule has 0 radical (unpaired) electrons. The third-order valence-electron chi connectivity index (χ3n) is 3.82. The first kappa shape index (κ1) is 16.5. The van der Waals surface area contributed by atoms with Crippen molar-refractivity contribution in [2.75, 3.05) is 18.9 Å². The predicted molar refractivity (Wildman–Crippen MR) is 81.3 cm³/mol. The number of anilines is 1. The molecule has 24 heavy (non-hydrogen) atoms. The lowest BCUT2D eigenvalue weighted by molar-refractivity contribution is -0.120. The number of nitrogens with zero attached hydrogens (tertiary/aromatic N) is 5. The zero-order valence-electron chi connectivity index (χ0n) is 12.8. The van der Waals surface area contributed by atoms with Gasteiger partial charge >= 0.3 is 0 Å². The molecular weight excluding hydrogens is 323 g/mol. The molecule has 3 rings (SSSR count). The normalized spacial score (nSPS) is 29.9. The van der Waals surface area contributed by atoms with Gasteiger partial charge in [0.1, 0.15) is 6.10 Å². The smallest absolute Gasteiger partial charge is 0.247 e. The zero-order chi connectivity index (χ0) is 17.5. The fourth-order valence-corrected chi connectivity index (χ4v) is 2.60. The van der Waals surface area contributed by atoms with Crippen LogP contribution in [0.2, 0.25) is 0 Å². The van der Waals surface area contributed by atoms with Crippen LogP contribution in [0.1, 0.15) is 13.2 Å². The summed E-state index contributed by atoms with van der Waals surface area (Å²) in [5.74, 6) is 0.0693. The summed E-state index contributed by atoms with van der Waals surface area (Å²) >= 11 is 0. The number of rotatable bonds is 5. The van der Waals surface area contributed by atoms with Crippen molar-refractivity contribution in [3.63, 3.8) is 0 Å². The number of aliphatic imine (C=N–C) groups is 1. The summed E-state index contributed by atoms with van der Waals surface area (Å²) in [6.45, 7) is 4.61. The Balaban J connectivity index is 2.09. The van der Waals surface area contributed by atoms with Crippen LogP contribution in [0.25, 0.3) is 11.2 Å². The topological polar surface area (TPSA) is 141 Å². The highest BCUT2D eigenvalue weighted by molar-refractivity contribution is 5.77. The number of imidazole rings is 1. The van der Waals surface area contributed by atoms with Crippen molar-refractivity contribution in [2.45, 2.75) is 31.2 Å². The highest BCUT2D eigenvalue weighted by atomic mass is 19.1. The number of ether oxygens (including phenoxy) is 2. The molecule has 1 aliphatic heterocycles. The minimum Gasteiger partial charge on any atom is -0.476 e. The van der Waals surface area contributed by atoms with Crippen molar-refractivity contribution >= 4 is 23.8 Å². The monoisotopic (exact) mass is 340 g/mol. The average molecular weight is 340 g/mol. The maximum atomic E-state index is 14.6. The van der Waals surface area contributed by atoms with Gasteiger partial charge in [0.25, 0.3) is 0 Å². The maximum absolute atomic E-state index is 14.6. The molecule has 0 spiro atoms. The zero-order valence-corrected chi connectivity index (χ0v) is 12.8. The first-order valence-corrected chi connectivity index (χ1v) is 7.19. The molecule has 3 heterocycles. The lowest BCUT2D eigenvalue weighted by Crippen LogP contribution is -2.43. The third kappa shape index (κ3) is 2.28. The van der Waals surface area contributed by atoms with Gasteiger partial charge < -0.3 is 25.4 Å². The van der Waals surface area contributed by atoms with Gasteiger partial charge in [-0.25, -0.2) is 9.37 Å². The van der Waals surface area contributed by atoms with Crippen LogP contribution >= 0.6 is 0 Å². The molecule has 10 nitrogen and oxygen atoms in total. The highest BCUT2D eigenvalue weighted by Gasteiger charge is 2.56. The second-order valence-corrected chi connectivity index (χ2v) is 5.20. The molecule has 2 aromatic rings. The van der Waals surface area contributed by atoms with E-state index < -0.39 is 30.8 Å². The summed E-state index contributed by atoms with van der Waals surface area (Å²) in [5, 5.41) is 19.4. The maximum Gasteiger partial charge on any atom is 0.247 e. The summed E-state index contributed by atoms with van der Waals surface area (Å²) in [7, 11) is 0. The Morgan fingerprint density at radius 3 is 2.92 bits per heavy atom. The van der Waals surface area contributed by atoms with E-state index in [1.807, 2.05) is 0 Å². The number of nitrogen functional groups attached to an aromatic ring is 1. The summed E-state index contributed by atoms with van der Waals surface area (Å²) in [4.78, 5) is 15.6. The van der Waals surface area contributed by atoms with Crippen molar-refractivity contribution in [3.8, 4) is 5.88 Å². The molecule has 0 saturated carbocycles. The minimum absolute atomic E-state index is 0.0862. The molecule has 11 heteroatoms. The Labute approximate surface area is 135 Å². The summed E-state index contributed by atoms with van der Waals surface area (Å²) < 4.78 is 26.6. The number of halogens is 1. The Bertz CT molecular complexity index is 770. The van der Waals surface area contributed by atoms with Crippen molar-refractivity contribution in [3.05, 3.63) is 6.33 Å². The molecule has 1 fully saturated rings. The van der Waals surface area contributed by atoms with Crippen molar-refractivity contribution < 1.29 is 24.1 Å². The Morgan fingerprint density at radius 1 is 1.58 bits per heavy atom. The number of hydrogen-bond donors (Lipinski definition) is 3. The number of aliphatic hydroxyl groups is 2. The van der Waals surface area contributed by atoms with E-state index in [0.29, 0.717) is 6.61 Å². The highest BCUT2D eigenvalue weighted by Crippen LogP contribution is 2.41. The molecule has 2 aromatic heterocycles. The Kier molecular flexibility index (Phi) is 4.07. The van der Waals surface area contributed by atoms with Gasteiger partial charge in [0.15, 0.2) is 23.6 Å². The fourth-order valence-electron chi connectivity index (χ4n) is 2.60. The van der Waals surface area contributed by atoms with E-state index in [4.69, 9.17) is 15.2 Å². The molecule has 0 aromatic carbocycles. The lowest BCUT2D eigenvalue weighted by Gasteiger charge is -2.24. The summed E-state index contributed by atoms with van der Waals surface area (Å²) in [6.07, 6.45) is -3.66. The average Bonchev–Trinajstić information content (AvgIpc) is 3.09. The predicted octanol–water partition coefficient (Wildman–Crippen LogP) is -0.576. The van der Waals surface area contributed by atoms with E-state index >= 15 is 0 Å². The van der Waals surface area contributed by atoms with Crippen molar-refractivity contribution in [1.82, 2.24) is 19.5 Å². The quantitative estimate of drug-likeness (QED) is 0.614. The van der Waals surface area contributed by atoms with Gasteiger partial charge in [-0.3, -0.25) is 9.56 Å². The van der Waals surface area contributed by atoms with Gasteiger partial charge in [0.2, 0.25) is 17.6 Å². The van der Waals surface area contributed by atoms with Crippen LogP contribution in [0.3, 0.4) is 0 Å². The fraction of sp³-hybridized carbons (Fsp3) is 0.538. The number of fused-ring (bicyclic) bond motifs is 1. The number of aromatic nitrogens is 4. The number of aliphatic hydroxyl groups excluding tert-OH is 2. The molecule has 130 valence electrons. The van der Waals surface area contributed by atoms with E-state index in [2.05, 4.69) is 26.7 Å². The van der Waals surface area contributed by atoms with Crippen LogP contribution < -0.4 is 10.5 Å². The molecule has 0 unspecified atom stereocenters. The second kappa shape index (κ2) is 5.92. The van der Waals surface area contributed by atoms with Gasteiger partial charge in [0.05, 0.1) is 19.5 Å². The van der Waals surface area contributed by atoms with Gasteiger partial charge in [-0.15, -0.1) is 0 Å². The van der Waals surface area contributed by atoms with Crippen molar-refractivity contribution in [1.29, 1.82) is 0 Å². The standard InChI is InChI=1S/C13H17FN6O4/c1-3-23-10-7-9(18-12(15)19-10)20(5-17-7)11-6(14)8(22)13(4-21,16-2)24-11/h5-6,8,11,21-22H,2-4H2,1H3,(H2,15,18,19)/t6-,8+,11-,13-/m1/s1. The van der Waals surface area contributed by atoms with Gasteiger partial charge in [-0.05, 0) is 13.6 Å². The van der Waals surface area contributed by atoms with Crippen LogP contribution in [0.4, 0.5) is 10.3 Å². The minimum atomic E-state index is -1.90. The van der Waals surface area contributed by atoms with Crippen LogP contribution in [0.15, 0.2) is 11.3 Å². The number of alkyl halides is 1. The number of nitrogens with two attached hydrogens (primary N) is 1.